The van der Waals surface area contributed by atoms with Crippen molar-refractivity contribution >= 4 is 11.1 Å². The third kappa shape index (κ3) is 1.33. The molecule has 13 heavy (non-hydrogen) atoms. The summed E-state index contributed by atoms with van der Waals surface area (Å²) in [4.78, 5) is 0. The first-order valence-electron chi connectivity index (χ1n) is 4.73. The van der Waals surface area contributed by atoms with Crippen molar-refractivity contribution in [1.82, 2.24) is 0 Å². The molecule has 0 saturated heterocycles. The Morgan fingerprint density at radius 2 is 1.85 bits per heavy atom. The molecule has 0 fully saturated rings. The summed E-state index contributed by atoms with van der Waals surface area (Å²) in [5, 5.41) is 2.84. The summed E-state index contributed by atoms with van der Waals surface area (Å²) < 4.78 is 0. The minimum atomic E-state index is 1.11. The van der Waals surface area contributed by atoms with E-state index >= 15 is 0 Å². The van der Waals surface area contributed by atoms with Gasteiger partial charge >= 0.3 is 0 Å². The maximum Gasteiger partial charge on any atom is -0.00546 e. The number of benzene rings is 1. The molecule has 1 aromatic carbocycles. The number of hydrogen-bond acceptors (Lipinski definition) is 0. The molecule has 0 spiro atoms. The van der Waals surface area contributed by atoms with E-state index in [0.29, 0.717) is 0 Å². The van der Waals surface area contributed by atoms with E-state index in [0.717, 1.165) is 6.42 Å². The molecule has 0 unspecified atom stereocenters. The van der Waals surface area contributed by atoms with Crippen molar-refractivity contribution in [2.24, 2.45) is 0 Å². The minimum absolute atomic E-state index is 1.11. The molecule has 0 bridgehead atoms. The van der Waals surface area contributed by atoms with Crippen molar-refractivity contribution in [3.05, 3.63) is 46.9 Å². The summed E-state index contributed by atoms with van der Waals surface area (Å²) in [6.07, 6.45) is 5.45. The molecule has 0 heteroatoms. The van der Waals surface area contributed by atoms with Crippen LogP contribution in [-0.4, -0.2) is 0 Å². The number of hydrogen-bond donors (Lipinski definition) is 0. The van der Waals surface area contributed by atoms with Gasteiger partial charge in [0.1, 0.15) is 0 Å². The number of rotatable bonds is 1. The van der Waals surface area contributed by atoms with Gasteiger partial charge < -0.3 is 0 Å². The van der Waals surface area contributed by atoms with Gasteiger partial charge in [0, 0.05) is 0 Å². The third-order valence-electron chi connectivity index (χ3n) is 2.56. The standard InChI is InChI=1S/C13H14/c1-3-6-11-9-10(2)12-7-4-5-8-13(11)12/h3-8H,9H2,1-2H3/b6-3+. The second-order valence-corrected chi connectivity index (χ2v) is 3.53. The molecule has 0 aliphatic heterocycles. The molecule has 66 valence electrons. The summed E-state index contributed by atoms with van der Waals surface area (Å²) in [7, 11) is 0. The summed E-state index contributed by atoms with van der Waals surface area (Å²) >= 11 is 0. The van der Waals surface area contributed by atoms with Crippen LogP contribution in [0.5, 0.6) is 0 Å². The van der Waals surface area contributed by atoms with Gasteiger partial charge in [-0.3, -0.25) is 0 Å². The van der Waals surface area contributed by atoms with Crippen molar-refractivity contribution in [3.63, 3.8) is 0 Å². The number of allylic oxidation sites excluding steroid dienone is 2. The molecule has 2 rings (SSSR count). The fourth-order valence-corrected chi connectivity index (χ4v) is 1.96. The van der Waals surface area contributed by atoms with E-state index in [1.54, 1.807) is 0 Å². The predicted octanol–water partition coefficient (Wildman–Crippen LogP) is 1.99. The van der Waals surface area contributed by atoms with Gasteiger partial charge in [0.05, 0.1) is 0 Å². The predicted molar refractivity (Wildman–Crippen MR) is 57.6 cm³/mol. The summed E-state index contributed by atoms with van der Waals surface area (Å²) in [5.74, 6) is 0. The normalized spacial score (nSPS) is 15.5. The van der Waals surface area contributed by atoms with Gasteiger partial charge in [0.25, 0.3) is 0 Å². The lowest BCUT2D eigenvalue weighted by molar-refractivity contribution is 1.42. The van der Waals surface area contributed by atoms with Gasteiger partial charge in [-0.2, -0.15) is 0 Å². The van der Waals surface area contributed by atoms with Crippen LogP contribution >= 0.6 is 0 Å². The molecule has 0 heterocycles. The smallest absolute Gasteiger partial charge is 0.00546 e. The Balaban J connectivity index is 2.79. The van der Waals surface area contributed by atoms with Crippen LogP contribution in [0.4, 0.5) is 0 Å². The van der Waals surface area contributed by atoms with Gasteiger partial charge in [-0.25, -0.2) is 0 Å². The van der Waals surface area contributed by atoms with Gasteiger partial charge in [0.15, 0.2) is 0 Å². The van der Waals surface area contributed by atoms with E-state index in [-0.39, 0.29) is 0 Å². The molecule has 0 aromatic heterocycles. The summed E-state index contributed by atoms with van der Waals surface area (Å²) in [6, 6.07) is 8.64. The van der Waals surface area contributed by atoms with Crippen molar-refractivity contribution < 1.29 is 0 Å². The van der Waals surface area contributed by atoms with Crippen LogP contribution in [0.2, 0.25) is 0 Å². The zero-order chi connectivity index (χ0) is 9.26. The van der Waals surface area contributed by atoms with Crippen LogP contribution in [0.3, 0.4) is 0 Å². The van der Waals surface area contributed by atoms with Crippen molar-refractivity contribution in [1.29, 1.82) is 0 Å². The van der Waals surface area contributed by atoms with Crippen LogP contribution < -0.4 is 10.4 Å². The molecule has 0 nitrogen and oxygen atoms in total. The molecule has 0 atom stereocenters. The van der Waals surface area contributed by atoms with Crippen molar-refractivity contribution in [3.8, 4) is 0 Å². The lowest BCUT2D eigenvalue weighted by Gasteiger charge is -1.92. The fraction of sp³-hybridized carbons (Fsp3) is 0.231. The molecular weight excluding hydrogens is 156 g/mol. The van der Waals surface area contributed by atoms with E-state index in [9.17, 15) is 0 Å². The lowest BCUT2D eigenvalue weighted by atomic mass is 10.1. The maximum atomic E-state index is 2.22. The molecule has 0 saturated carbocycles. The maximum absolute atomic E-state index is 2.22. The molecular formula is C13H14. The average Bonchev–Trinajstić information content (AvgIpc) is 2.46. The second kappa shape index (κ2) is 3.21. The topological polar surface area (TPSA) is 0 Å². The van der Waals surface area contributed by atoms with Gasteiger partial charge in [-0.1, -0.05) is 42.0 Å². The summed E-state index contributed by atoms with van der Waals surface area (Å²) in [5.41, 5.74) is 2.94. The quantitative estimate of drug-likeness (QED) is 0.604. The van der Waals surface area contributed by atoms with E-state index < -0.39 is 0 Å². The van der Waals surface area contributed by atoms with Gasteiger partial charge in [0.2, 0.25) is 0 Å². The van der Waals surface area contributed by atoms with Gasteiger partial charge in [-0.05, 0) is 36.3 Å². The Bertz CT molecular complexity index is 461. The zero-order valence-electron chi connectivity index (χ0n) is 8.17. The fourth-order valence-electron chi connectivity index (χ4n) is 1.96. The lowest BCUT2D eigenvalue weighted by Crippen LogP contribution is -2.22. The van der Waals surface area contributed by atoms with Crippen molar-refractivity contribution in [2.45, 2.75) is 20.3 Å². The molecule has 0 radical (unpaired) electrons. The van der Waals surface area contributed by atoms with Crippen LogP contribution in [-0.2, 0) is 0 Å². The molecule has 1 aliphatic rings. The Kier molecular flexibility index (Phi) is 2.05. The van der Waals surface area contributed by atoms with Crippen LogP contribution in [0.25, 0.3) is 11.1 Å². The first kappa shape index (κ1) is 8.31. The van der Waals surface area contributed by atoms with Crippen LogP contribution in [0.1, 0.15) is 20.3 Å². The first-order valence-corrected chi connectivity index (χ1v) is 4.73. The Morgan fingerprint density at radius 3 is 2.54 bits per heavy atom. The highest BCUT2D eigenvalue weighted by atomic mass is 14.1. The molecule has 0 amide bonds. The van der Waals surface area contributed by atoms with Crippen LogP contribution in [0, 0.1) is 0 Å². The summed E-state index contributed by atoms with van der Waals surface area (Å²) in [6.45, 7) is 4.29. The average molecular weight is 170 g/mol. The van der Waals surface area contributed by atoms with Crippen LogP contribution in [0.15, 0.2) is 36.4 Å². The number of fused-ring (bicyclic) bond motifs is 1. The van der Waals surface area contributed by atoms with E-state index in [1.165, 1.54) is 21.6 Å². The first-order chi connectivity index (χ1) is 6.33. The monoisotopic (exact) mass is 170 g/mol. The molecule has 1 aliphatic carbocycles. The van der Waals surface area contributed by atoms with E-state index in [2.05, 4.69) is 50.3 Å². The zero-order valence-corrected chi connectivity index (χ0v) is 8.17. The Morgan fingerprint density at radius 1 is 1.15 bits per heavy atom. The highest BCUT2D eigenvalue weighted by Crippen LogP contribution is 2.14. The highest BCUT2D eigenvalue weighted by Gasteiger charge is 2.05. The minimum Gasteiger partial charge on any atom is -0.0874 e. The highest BCUT2D eigenvalue weighted by molar-refractivity contribution is 5.72. The van der Waals surface area contributed by atoms with Crippen molar-refractivity contribution in [2.75, 3.05) is 0 Å². The third-order valence-corrected chi connectivity index (χ3v) is 2.56. The van der Waals surface area contributed by atoms with Gasteiger partial charge in [-0.15, -0.1) is 0 Å². The largest absolute Gasteiger partial charge is 0.0874 e. The second-order valence-electron chi connectivity index (χ2n) is 3.53. The van der Waals surface area contributed by atoms with E-state index in [4.69, 9.17) is 0 Å². The molecule has 0 N–H and O–H groups in total. The molecule has 1 aromatic rings. The Labute approximate surface area is 78.9 Å². The SMILES string of the molecule is C/C=C/C1=c2ccccc2=C(C)C1. The van der Waals surface area contributed by atoms with E-state index in [1.807, 2.05) is 0 Å². The Hall–Kier alpha value is -1.30.